The molecule has 1 aliphatic carbocycles. The van der Waals surface area contributed by atoms with E-state index in [1.165, 1.54) is 10.9 Å². The molecule has 158 valence electrons. The largest absolute Gasteiger partial charge is 0.371 e. The van der Waals surface area contributed by atoms with Gasteiger partial charge in [0.15, 0.2) is 17.0 Å². The molecule has 0 N–H and O–H groups in total. The van der Waals surface area contributed by atoms with Crippen LogP contribution in [-0.4, -0.2) is 42.3 Å². The van der Waals surface area contributed by atoms with Gasteiger partial charge >= 0.3 is 0 Å². The van der Waals surface area contributed by atoms with Crippen molar-refractivity contribution in [2.75, 3.05) is 18.0 Å². The molecule has 1 aromatic carbocycles. The Bertz CT molecular complexity index is 1370. The number of nitrogens with zero attached hydrogens (tertiary/aromatic N) is 7. The van der Waals surface area contributed by atoms with Crippen LogP contribution in [0.3, 0.4) is 0 Å². The molecule has 0 unspecified atom stereocenters. The summed E-state index contributed by atoms with van der Waals surface area (Å²) < 4.78 is 8.56. The van der Waals surface area contributed by atoms with Crippen LogP contribution in [-0.2, 0) is 13.6 Å². The Balaban J connectivity index is 1.16. The molecule has 3 aromatic heterocycles. The van der Waals surface area contributed by atoms with Crippen molar-refractivity contribution in [3.63, 3.8) is 0 Å². The molecule has 11 heteroatoms. The Morgan fingerprint density at radius 1 is 1.13 bits per heavy atom. The Labute approximate surface area is 186 Å². The molecule has 2 aliphatic rings. The third-order valence-corrected chi connectivity index (χ3v) is 6.99. The fourth-order valence-electron chi connectivity index (χ4n) is 4.60. The van der Waals surface area contributed by atoms with E-state index >= 15 is 0 Å². The fraction of sp³-hybridized carbons (Fsp3) is 0.350. The number of aryl methyl sites for hydroxylation is 1. The van der Waals surface area contributed by atoms with Gasteiger partial charge in [0, 0.05) is 31.7 Å². The van der Waals surface area contributed by atoms with Crippen molar-refractivity contribution in [3.05, 3.63) is 63.0 Å². The van der Waals surface area contributed by atoms with E-state index in [-0.39, 0.29) is 18.0 Å². The zero-order valence-electron chi connectivity index (χ0n) is 16.4. The van der Waals surface area contributed by atoms with Gasteiger partial charge in [0.1, 0.15) is 12.9 Å². The number of anilines is 1. The van der Waals surface area contributed by atoms with Crippen LogP contribution in [0.5, 0.6) is 0 Å². The molecule has 1 aliphatic heterocycles. The number of rotatable bonds is 4. The zero-order chi connectivity index (χ0) is 21.3. The maximum Gasteiger partial charge on any atom is 0.280 e. The summed E-state index contributed by atoms with van der Waals surface area (Å²) >= 11 is 12.2. The quantitative estimate of drug-likeness (QED) is 0.464. The van der Waals surface area contributed by atoms with Gasteiger partial charge in [-0.05, 0) is 30.0 Å². The summed E-state index contributed by atoms with van der Waals surface area (Å²) in [6, 6.07) is 5.72. The van der Waals surface area contributed by atoms with Crippen molar-refractivity contribution < 1.29 is 4.52 Å². The maximum absolute atomic E-state index is 12.7. The van der Waals surface area contributed by atoms with Crippen LogP contribution in [0.15, 0.2) is 40.2 Å². The maximum atomic E-state index is 12.7. The molecule has 3 atom stereocenters. The molecule has 6 rings (SSSR count). The number of fused-ring (bicyclic) bond motifs is 2. The molecule has 9 nitrogen and oxygen atoms in total. The average Bonchev–Trinajstić information content (AvgIpc) is 3.18. The lowest BCUT2D eigenvalue weighted by Gasteiger charge is -2.21. The van der Waals surface area contributed by atoms with Gasteiger partial charge in [-0.3, -0.25) is 9.36 Å². The molecule has 31 heavy (non-hydrogen) atoms. The van der Waals surface area contributed by atoms with Crippen molar-refractivity contribution in [2.24, 2.45) is 18.9 Å². The van der Waals surface area contributed by atoms with Gasteiger partial charge in [-0.25, -0.2) is 9.97 Å². The van der Waals surface area contributed by atoms with Crippen molar-refractivity contribution in [1.82, 2.24) is 29.2 Å². The standard InChI is InChI=1S/C20H17Cl2N7O2/c1-27-8-23-19-17(27)20(30)29(9-24-19)7-15-25-18(26-31-15)16-11-5-28(6-12(11)16)10-2-3-13(21)14(22)4-10/h2-4,8-9,11-12,16H,5-7H2,1H3/t11-,12+,16+. The molecule has 0 spiro atoms. The van der Waals surface area contributed by atoms with Crippen LogP contribution in [0.4, 0.5) is 5.69 Å². The molecule has 0 radical (unpaired) electrons. The van der Waals surface area contributed by atoms with Gasteiger partial charge in [-0.1, -0.05) is 28.4 Å². The van der Waals surface area contributed by atoms with E-state index in [2.05, 4.69) is 25.0 Å². The van der Waals surface area contributed by atoms with E-state index in [0.717, 1.165) is 18.8 Å². The SMILES string of the molecule is Cn1cnc2ncn(Cc3nc([C@H]4[C@@H]5CN(c6ccc(Cl)c(Cl)c6)C[C@@H]54)no3)c(=O)c21. The van der Waals surface area contributed by atoms with Crippen LogP contribution in [0.1, 0.15) is 17.6 Å². The van der Waals surface area contributed by atoms with Gasteiger partial charge in [-0.15, -0.1) is 0 Å². The Kier molecular flexibility index (Phi) is 4.13. The lowest BCUT2D eigenvalue weighted by molar-refractivity contribution is 0.363. The lowest BCUT2D eigenvalue weighted by Crippen LogP contribution is -2.23. The molecular formula is C20H17Cl2N7O2. The van der Waals surface area contributed by atoms with Gasteiger partial charge in [-0.2, -0.15) is 4.98 Å². The summed E-state index contributed by atoms with van der Waals surface area (Å²) in [7, 11) is 1.76. The predicted molar refractivity (Wildman–Crippen MR) is 115 cm³/mol. The number of aromatic nitrogens is 6. The van der Waals surface area contributed by atoms with E-state index in [9.17, 15) is 4.79 Å². The van der Waals surface area contributed by atoms with E-state index in [0.29, 0.717) is 44.8 Å². The van der Waals surface area contributed by atoms with Gasteiger partial charge in [0.05, 0.1) is 16.4 Å². The fourth-order valence-corrected chi connectivity index (χ4v) is 4.89. The number of piperidine rings is 1. The van der Waals surface area contributed by atoms with E-state index in [1.807, 2.05) is 18.2 Å². The summed E-state index contributed by atoms with van der Waals surface area (Å²) in [4.78, 5) is 27.9. The second kappa shape index (κ2) is 6.80. The second-order valence-electron chi connectivity index (χ2n) is 8.11. The molecule has 4 heterocycles. The third-order valence-electron chi connectivity index (χ3n) is 6.25. The highest BCUT2D eigenvalue weighted by Gasteiger charge is 2.58. The summed E-state index contributed by atoms with van der Waals surface area (Å²) in [5, 5.41) is 5.31. The third kappa shape index (κ3) is 3.02. The first-order valence-corrected chi connectivity index (χ1v) is 10.6. The molecule has 0 bridgehead atoms. The first-order chi connectivity index (χ1) is 15.0. The van der Waals surface area contributed by atoms with Crippen molar-refractivity contribution in [3.8, 4) is 0 Å². The Morgan fingerprint density at radius 2 is 1.90 bits per heavy atom. The summed E-state index contributed by atoms with van der Waals surface area (Å²) in [5.41, 5.74) is 1.76. The molecule has 1 saturated heterocycles. The van der Waals surface area contributed by atoms with Gasteiger partial charge in [0.25, 0.3) is 5.56 Å². The normalized spacial score (nSPS) is 22.3. The number of hydrogen-bond donors (Lipinski definition) is 0. The van der Waals surface area contributed by atoms with Gasteiger partial charge < -0.3 is 14.0 Å². The first-order valence-electron chi connectivity index (χ1n) is 9.88. The average molecular weight is 458 g/mol. The number of halogens is 2. The van der Waals surface area contributed by atoms with Crippen LogP contribution >= 0.6 is 23.2 Å². The molecule has 1 saturated carbocycles. The topological polar surface area (TPSA) is 94.9 Å². The van der Waals surface area contributed by atoms with Gasteiger partial charge in [0.2, 0.25) is 5.89 Å². The minimum absolute atomic E-state index is 0.178. The number of imidazole rings is 1. The van der Waals surface area contributed by atoms with Crippen LogP contribution in [0.25, 0.3) is 11.2 Å². The van der Waals surface area contributed by atoms with E-state index in [4.69, 9.17) is 27.7 Å². The zero-order valence-corrected chi connectivity index (χ0v) is 18.0. The van der Waals surface area contributed by atoms with E-state index < -0.39 is 0 Å². The minimum atomic E-state index is -0.190. The predicted octanol–water partition coefficient (Wildman–Crippen LogP) is 2.72. The summed E-state index contributed by atoms with van der Waals surface area (Å²) in [5.74, 6) is 2.35. The van der Waals surface area contributed by atoms with Crippen LogP contribution in [0, 0.1) is 11.8 Å². The first kappa shape index (κ1) is 18.8. The van der Waals surface area contributed by atoms with Crippen LogP contribution < -0.4 is 10.5 Å². The molecular weight excluding hydrogens is 441 g/mol. The minimum Gasteiger partial charge on any atom is -0.371 e. The summed E-state index contributed by atoms with van der Waals surface area (Å²) in [6.07, 6.45) is 3.03. The molecule has 0 amide bonds. The van der Waals surface area contributed by atoms with Crippen molar-refractivity contribution in [1.29, 1.82) is 0 Å². The smallest absolute Gasteiger partial charge is 0.280 e. The summed E-state index contributed by atoms with van der Waals surface area (Å²) in [6.45, 7) is 2.01. The Hall–Kier alpha value is -2.91. The highest BCUT2D eigenvalue weighted by molar-refractivity contribution is 6.42. The number of hydrogen-bond acceptors (Lipinski definition) is 7. The highest BCUT2D eigenvalue weighted by atomic mass is 35.5. The van der Waals surface area contributed by atoms with Crippen molar-refractivity contribution >= 4 is 40.1 Å². The van der Waals surface area contributed by atoms with E-state index in [1.54, 1.807) is 17.9 Å². The number of benzene rings is 1. The lowest BCUT2D eigenvalue weighted by atomic mass is 10.2. The molecule has 2 fully saturated rings. The molecule has 4 aromatic rings. The highest BCUT2D eigenvalue weighted by Crippen LogP contribution is 2.58. The monoisotopic (exact) mass is 457 g/mol. The van der Waals surface area contributed by atoms with Crippen molar-refractivity contribution in [2.45, 2.75) is 12.5 Å². The van der Waals surface area contributed by atoms with Crippen LogP contribution in [0.2, 0.25) is 10.0 Å². The second-order valence-corrected chi connectivity index (χ2v) is 8.92. The Morgan fingerprint density at radius 3 is 2.68 bits per heavy atom.